The Hall–Kier alpha value is -7.42. The van der Waals surface area contributed by atoms with Gasteiger partial charge < -0.3 is 64.8 Å². The van der Waals surface area contributed by atoms with E-state index in [1.54, 1.807) is 36.5 Å². The lowest BCUT2D eigenvalue weighted by molar-refractivity contribution is -0.151. The van der Waals surface area contributed by atoms with Gasteiger partial charge in [0.1, 0.15) is 42.3 Å². The Balaban J connectivity index is 1.65. The molecule has 0 radical (unpaired) electrons. The number of aliphatic imine (C=N–C) groups is 1. The second-order valence-electron chi connectivity index (χ2n) is 18.3. The third-order valence-corrected chi connectivity index (χ3v) is 13.3. The standard InChI is InChI=1S/C50H68IN15O9/c1-3-4-14-41(43(53)69)66(28(2)67)42(68)24-40-49(75)64-39(23-32-26-56-27-59-32)48(74)62-37(21-29-15-17-31(51)18-16-29)46(72)61-36(13-9-20-57-50(54)55)45(71)63-38(22-30-25-58-34-11-6-5-10-33(30)34)47(73)60-35(44(70)65-40)12-7-8-19-52/h5-6,10-11,15-18,25-27,35-41,58H,3-4,7-9,12-14,19-24,52H2,1-2H3,(H2,53,69)(H,56,59)(H,60,73)(H,61,72)(H,62,74)(H,63,71)(H,64,75)(H,65,70)(H4,54,55,57)/t35-,36-,37+,38-,39-,40-,41-/m0/s1. The van der Waals surface area contributed by atoms with Crippen molar-refractivity contribution < 1.29 is 43.2 Å². The van der Waals surface area contributed by atoms with Crippen LogP contribution in [0.5, 0.6) is 0 Å². The number of aromatic amines is 2. The first kappa shape index (κ1) is 58.5. The summed E-state index contributed by atoms with van der Waals surface area (Å²) < 4.78 is 0.889. The summed E-state index contributed by atoms with van der Waals surface area (Å²) in [6.07, 6.45) is 4.86. The number of primary amides is 1. The van der Waals surface area contributed by atoms with E-state index >= 15 is 0 Å². The van der Waals surface area contributed by atoms with Gasteiger partial charge in [0.05, 0.1) is 12.7 Å². The van der Waals surface area contributed by atoms with E-state index in [9.17, 15) is 43.2 Å². The van der Waals surface area contributed by atoms with Crippen LogP contribution in [0.4, 0.5) is 0 Å². The van der Waals surface area contributed by atoms with Crippen LogP contribution in [-0.4, -0.2) is 134 Å². The number of rotatable bonds is 21. The van der Waals surface area contributed by atoms with Crippen LogP contribution in [-0.2, 0) is 62.4 Å². The summed E-state index contributed by atoms with van der Waals surface area (Å²) in [6, 6.07) is 4.05. The number of guanidine groups is 1. The van der Waals surface area contributed by atoms with Crippen molar-refractivity contribution >= 4 is 92.6 Å². The first-order valence-corrected chi connectivity index (χ1v) is 25.9. The molecule has 0 aliphatic carbocycles. The van der Waals surface area contributed by atoms with E-state index in [2.05, 4.69) is 74.4 Å². The molecule has 5 rings (SSSR count). The van der Waals surface area contributed by atoms with Gasteiger partial charge in [-0.05, 0) is 97.0 Å². The number of nitrogens with zero attached hydrogens (tertiary/aromatic N) is 3. The minimum absolute atomic E-state index is 0.0218. The van der Waals surface area contributed by atoms with Gasteiger partial charge in [-0.3, -0.25) is 53.0 Å². The predicted molar refractivity (Wildman–Crippen MR) is 286 cm³/mol. The van der Waals surface area contributed by atoms with Crippen molar-refractivity contribution in [2.24, 2.45) is 27.9 Å². The molecule has 24 nitrogen and oxygen atoms in total. The maximum atomic E-state index is 14.8. The van der Waals surface area contributed by atoms with Crippen LogP contribution >= 0.6 is 22.6 Å². The normalized spacial score (nSPS) is 20.5. The molecule has 3 heterocycles. The largest absolute Gasteiger partial charge is 0.370 e. The van der Waals surface area contributed by atoms with Crippen molar-refractivity contribution in [3.05, 3.63) is 87.6 Å². The number of aromatic nitrogens is 3. The first-order chi connectivity index (χ1) is 35.9. The van der Waals surface area contributed by atoms with Gasteiger partial charge in [0, 0.05) is 65.3 Å². The van der Waals surface area contributed by atoms with E-state index in [1.165, 1.54) is 12.5 Å². The van der Waals surface area contributed by atoms with E-state index in [0.717, 1.165) is 21.4 Å². The molecule has 0 bridgehead atoms. The fourth-order valence-corrected chi connectivity index (χ4v) is 9.00. The predicted octanol–water partition coefficient (Wildman–Crippen LogP) is -0.562. The number of hydrogen-bond donors (Lipinski definition) is 12. The van der Waals surface area contributed by atoms with Crippen LogP contribution in [0.2, 0.25) is 0 Å². The summed E-state index contributed by atoms with van der Waals surface area (Å²) in [4.78, 5) is 143. The van der Waals surface area contributed by atoms with Crippen LogP contribution in [0.1, 0.15) is 88.5 Å². The number of para-hydroxylation sites is 1. The van der Waals surface area contributed by atoms with Crippen LogP contribution in [0.3, 0.4) is 0 Å². The highest BCUT2D eigenvalue weighted by Crippen LogP contribution is 2.21. The van der Waals surface area contributed by atoms with Gasteiger partial charge in [0.15, 0.2) is 5.96 Å². The molecule has 2 aromatic heterocycles. The van der Waals surface area contributed by atoms with Crippen molar-refractivity contribution in [1.29, 1.82) is 0 Å². The number of unbranched alkanes of at least 4 members (excludes halogenated alkanes) is 2. The zero-order valence-corrected chi connectivity index (χ0v) is 44.2. The number of benzene rings is 2. The molecule has 9 amide bonds. The molecule has 0 spiro atoms. The third kappa shape index (κ3) is 17.6. The Morgan fingerprint density at radius 2 is 1.25 bits per heavy atom. The molecule has 404 valence electrons. The highest BCUT2D eigenvalue weighted by molar-refractivity contribution is 14.1. The fourth-order valence-electron chi connectivity index (χ4n) is 8.64. The maximum absolute atomic E-state index is 14.8. The topological polar surface area (TPSA) is 390 Å². The zero-order valence-electron chi connectivity index (χ0n) is 42.0. The maximum Gasteiger partial charge on any atom is 0.243 e. The molecule has 7 atom stereocenters. The van der Waals surface area contributed by atoms with Crippen molar-refractivity contribution in [2.45, 2.75) is 133 Å². The lowest BCUT2D eigenvalue weighted by Crippen LogP contribution is -2.62. The lowest BCUT2D eigenvalue weighted by atomic mass is 10.0. The Morgan fingerprint density at radius 1 is 0.693 bits per heavy atom. The summed E-state index contributed by atoms with van der Waals surface area (Å²) in [5, 5.41) is 17.0. The minimum atomic E-state index is -1.86. The van der Waals surface area contributed by atoms with Crippen LogP contribution in [0, 0.1) is 3.57 Å². The Morgan fingerprint density at radius 3 is 1.83 bits per heavy atom. The lowest BCUT2D eigenvalue weighted by Gasteiger charge is -2.31. The second kappa shape index (κ2) is 28.9. The molecule has 1 saturated heterocycles. The van der Waals surface area contributed by atoms with Crippen LogP contribution in [0.15, 0.2) is 72.2 Å². The number of fused-ring (bicyclic) bond motifs is 1. The number of imide groups is 1. The minimum Gasteiger partial charge on any atom is -0.370 e. The molecule has 1 aliphatic heterocycles. The molecular formula is C50H68IN15O9. The van der Waals surface area contributed by atoms with Crippen molar-refractivity contribution in [3.63, 3.8) is 0 Å². The van der Waals surface area contributed by atoms with Gasteiger partial charge in [-0.25, -0.2) is 4.98 Å². The highest BCUT2D eigenvalue weighted by Gasteiger charge is 2.39. The van der Waals surface area contributed by atoms with Crippen molar-refractivity contribution in [2.75, 3.05) is 13.1 Å². The monoisotopic (exact) mass is 1150 g/mol. The van der Waals surface area contributed by atoms with Crippen molar-refractivity contribution in [3.8, 4) is 0 Å². The number of carbonyl (C=O) groups excluding carboxylic acids is 9. The van der Waals surface area contributed by atoms with Crippen LogP contribution < -0.4 is 54.8 Å². The summed E-state index contributed by atoms with van der Waals surface area (Å²) in [5.41, 5.74) is 25.1. The smallest absolute Gasteiger partial charge is 0.243 e. The molecule has 16 N–H and O–H groups in total. The summed E-state index contributed by atoms with van der Waals surface area (Å²) >= 11 is 2.12. The van der Waals surface area contributed by atoms with E-state index in [4.69, 9.17) is 22.9 Å². The van der Waals surface area contributed by atoms with Gasteiger partial charge in [-0.15, -0.1) is 0 Å². The average molecular weight is 1150 g/mol. The number of H-pyrrole nitrogens is 2. The van der Waals surface area contributed by atoms with Gasteiger partial charge in [-0.1, -0.05) is 50.1 Å². The molecule has 1 fully saturated rings. The number of hydrogen-bond acceptors (Lipinski definition) is 12. The fraction of sp³-hybridized carbons (Fsp3) is 0.460. The van der Waals surface area contributed by atoms with E-state index in [0.29, 0.717) is 47.4 Å². The number of halogens is 1. The molecule has 75 heavy (non-hydrogen) atoms. The Bertz CT molecular complexity index is 2660. The summed E-state index contributed by atoms with van der Waals surface area (Å²) in [5.74, 6) is -8.41. The molecule has 25 heteroatoms. The molecule has 0 unspecified atom stereocenters. The molecule has 2 aromatic carbocycles. The van der Waals surface area contributed by atoms with E-state index < -0.39 is 102 Å². The second-order valence-corrected chi connectivity index (χ2v) is 19.6. The number of imidazole rings is 1. The molecule has 4 aromatic rings. The quantitative estimate of drug-likeness (QED) is 0.0216. The van der Waals surface area contributed by atoms with Gasteiger partial charge in [-0.2, -0.15) is 0 Å². The van der Waals surface area contributed by atoms with Crippen LogP contribution in [0.25, 0.3) is 10.9 Å². The SMILES string of the molecule is CCCC[C@@H](C(N)=O)N(C(C)=O)C(=O)C[C@@H]1NC(=O)[C@H](CCCCN)NC(=O)[C@H](Cc2c[nH]c3ccccc23)NC(=O)[C@H](CCCN=C(N)N)NC(=O)[C@@H](Cc2ccc(I)cc2)NC(=O)[C@H](Cc2cnc[nH]2)NC1=O. The summed E-state index contributed by atoms with van der Waals surface area (Å²) in [6.45, 7) is 3.19. The number of nitrogens with one attached hydrogen (secondary N) is 8. The molecule has 1 aliphatic rings. The molecule has 0 saturated carbocycles. The van der Waals surface area contributed by atoms with E-state index in [1.807, 2.05) is 25.1 Å². The van der Waals surface area contributed by atoms with Crippen molar-refractivity contribution in [1.82, 2.24) is 51.8 Å². The highest BCUT2D eigenvalue weighted by atomic mass is 127. The first-order valence-electron chi connectivity index (χ1n) is 24.8. The summed E-state index contributed by atoms with van der Waals surface area (Å²) in [7, 11) is 0. The third-order valence-electron chi connectivity index (χ3n) is 12.6. The molecular weight excluding hydrogens is 1080 g/mol. The number of nitrogens with two attached hydrogens (primary N) is 4. The number of amides is 9. The Kier molecular flexibility index (Phi) is 22.5. The van der Waals surface area contributed by atoms with E-state index in [-0.39, 0.29) is 64.0 Å². The van der Waals surface area contributed by atoms with Gasteiger partial charge in [0.25, 0.3) is 0 Å². The average Bonchev–Trinajstić information content (AvgIpc) is 4.05. The van der Waals surface area contributed by atoms with Gasteiger partial charge in [0.2, 0.25) is 53.2 Å². The Labute approximate surface area is 447 Å². The zero-order chi connectivity index (χ0) is 54.6. The van der Waals surface area contributed by atoms with Gasteiger partial charge >= 0.3 is 0 Å². The number of carbonyl (C=O) groups is 9.